The highest BCUT2D eigenvalue weighted by atomic mass is 16.4. The molecule has 0 bridgehead atoms. The van der Waals surface area contributed by atoms with Crippen molar-refractivity contribution in [2.24, 2.45) is 5.92 Å². The van der Waals surface area contributed by atoms with Gasteiger partial charge in [-0.1, -0.05) is 13.8 Å². The van der Waals surface area contributed by atoms with E-state index in [2.05, 4.69) is 4.98 Å². The molecule has 3 N–H and O–H groups in total. The van der Waals surface area contributed by atoms with Crippen molar-refractivity contribution in [3.63, 3.8) is 0 Å². The van der Waals surface area contributed by atoms with Gasteiger partial charge in [0.1, 0.15) is 6.04 Å². The van der Waals surface area contributed by atoms with Gasteiger partial charge in [0.25, 0.3) is 0 Å². The van der Waals surface area contributed by atoms with E-state index in [1.165, 1.54) is 10.8 Å². The van der Waals surface area contributed by atoms with Crippen molar-refractivity contribution in [3.8, 4) is 0 Å². The van der Waals surface area contributed by atoms with Crippen molar-refractivity contribution in [2.45, 2.75) is 26.3 Å². The lowest BCUT2D eigenvalue weighted by Crippen LogP contribution is -2.21. The summed E-state index contributed by atoms with van der Waals surface area (Å²) in [5, 5.41) is 9.01. The number of carboxylic acid groups (broad SMARTS) is 1. The molecule has 78 valence electrons. The van der Waals surface area contributed by atoms with Crippen molar-refractivity contribution in [1.29, 1.82) is 0 Å². The van der Waals surface area contributed by atoms with Crippen LogP contribution in [0, 0.1) is 5.92 Å². The SMILES string of the molecule is CC(C)CC(C(=O)O)n1ccnc1N. The van der Waals surface area contributed by atoms with E-state index in [0.29, 0.717) is 12.3 Å². The molecule has 0 spiro atoms. The first-order chi connectivity index (χ1) is 6.52. The standard InChI is InChI=1S/C9H15N3O2/c1-6(2)5-7(8(13)14)12-4-3-11-9(12)10/h3-4,6-7H,5H2,1-2H3,(H2,10,11)(H,13,14). The minimum absolute atomic E-state index is 0.248. The Morgan fingerprint density at radius 1 is 1.71 bits per heavy atom. The lowest BCUT2D eigenvalue weighted by atomic mass is 10.0. The number of nitrogen functional groups attached to an aromatic ring is 1. The second-order valence-electron chi connectivity index (χ2n) is 3.68. The van der Waals surface area contributed by atoms with Gasteiger partial charge in [0.2, 0.25) is 5.95 Å². The largest absolute Gasteiger partial charge is 0.480 e. The molecule has 1 aromatic rings. The Morgan fingerprint density at radius 3 is 2.71 bits per heavy atom. The van der Waals surface area contributed by atoms with Crippen molar-refractivity contribution < 1.29 is 9.90 Å². The maximum absolute atomic E-state index is 11.0. The van der Waals surface area contributed by atoms with Gasteiger partial charge in [0.15, 0.2) is 0 Å². The third-order valence-electron chi connectivity index (χ3n) is 2.01. The predicted octanol–water partition coefficient (Wildman–Crippen LogP) is 1.14. The first kappa shape index (κ1) is 10.6. The van der Waals surface area contributed by atoms with Crippen molar-refractivity contribution in [1.82, 2.24) is 9.55 Å². The Balaban J connectivity index is 2.89. The summed E-state index contributed by atoms with van der Waals surface area (Å²) < 4.78 is 1.49. The third-order valence-corrected chi connectivity index (χ3v) is 2.01. The van der Waals surface area contributed by atoms with E-state index in [4.69, 9.17) is 10.8 Å². The van der Waals surface area contributed by atoms with Gasteiger partial charge in [0, 0.05) is 12.4 Å². The molecule has 14 heavy (non-hydrogen) atoms. The van der Waals surface area contributed by atoms with Crippen LogP contribution in [0.5, 0.6) is 0 Å². The average Bonchev–Trinajstić information content (AvgIpc) is 2.46. The van der Waals surface area contributed by atoms with Crippen LogP contribution in [0.3, 0.4) is 0 Å². The molecule has 1 unspecified atom stereocenters. The maximum atomic E-state index is 11.0. The molecule has 0 radical (unpaired) electrons. The van der Waals surface area contributed by atoms with Crippen LogP contribution >= 0.6 is 0 Å². The molecule has 0 aliphatic rings. The van der Waals surface area contributed by atoms with Gasteiger partial charge < -0.3 is 15.4 Å². The van der Waals surface area contributed by atoms with Gasteiger partial charge in [-0.05, 0) is 12.3 Å². The van der Waals surface area contributed by atoms with Gasteiger partial charge in [-0.3, -0.25) is 0 Å². The van der Waals surface area contributed by atoms with Gasteiger partial charge in [-0.2, -0.15) is 0 Å². The Kier molecular flexibility index (Phi) is 3.11. The Morgan fingerprint density at radius 2 is 2.36 bits per heavy atom. The zero-order chi connectivity index (χ0) is 10.7. The van der Waals surface area contributed by atoms with Gasteiger partial charge >= 0.3 is 5.97 Å². The number of hydrogen-bond acceptors (Lipinski definition) is 3. The highest BCUT2D eigenvalue weighted by molar-refractivity contribution is 5.72. The smallest absolute Gasteiger partial charge is 0.326 e. The normalized spacial score (nSPS) is 13.1. The van der Waals surface area contributed by atoms with Crippen LogP contribution in [0.2, 0.25) is 0 Å². The molecule has 1 atom stereocenters. The topological polar surface area (TPSA) is 81.1 Å². The molecule has 0 saturated heterocycles. The fourth-order valence-corrected chi connectivity index (χ4v) is 1.37. The minimum atomic E-state index is -0.872. The summed E-state index contributed by atoms with van der Waals surface area (Å²) in [5.41, 5.74) is 5.54. The Labute approximate surface area is 82.6 Å². The van der Waals surface area contributed by atoms with Gasteiger partial charge in [-0.15, -0.1) is 0 Å². The number of carboxylic acids is 1. The number of anilines is 1. The minimum Gasteiger partial charge on any atom is -0.480 e. The summed E-state index contributed by atoms with van der Waals surface area (Å²) in [5.74, 6) is -0.320. The molecular formula is C9H15N3O2. The first-order valence-electron chi connectivity index (χ1n) is 4.53. The molecule has 5 heteroatoms. The molecule has 1 heterocycles. The van der Waals surface area contributed by atoms with Gasteiger partial charge in [0.05, 0.1) is 0 Å². The summed E-state index contributed by atoms with van der Waals surface area (Å²) >= 11 is 0. The fourth-order valence-electron chi connectivity index (χ4n) is 1.37. The van der Waals surface area contributed by atoms with Crippen molar-refractivity contribution in [2.75, 3.05) is 5.73 Å². The van der Waals surface area contributed by atoms with E-state index < -0.39 is 12.0 Å². The van der Waals surface area contributed by atoms with Crippen LogP contribution in [0.25, 0.3) is 0 Å². The lowest BCUT2D eigenvalue weighted by molar-refractivity contribution is -0.141. The van der Waals surface area contributed by atoms with E-state index in [-0.39, 0.29) is 5.95 Å². The number of hydrogen-bond donors (Lipinski definition) is 2. The molecular weight excluding hydrogens is 182 g/mol. The van der Waals surface area contributed by atoms with Crippen LogP contribution in [0.15, 0.2) is 12.4 Å². The fraction of sp³-hybridized carbons (Fsp3) is 0.556. The molecule has 0 saturated carbocycles. The summed E-state index contributed by atoms with van der Waals surface area (Å²) in [6, 6.07) is -0.613. The predicted molar refractivity (Wildman–Crippen MR) is 52.8 cm³/mol. The molecule has 1 aromatic heterocycles. The Hall–Kier alpha value is -1.52. The average molecular weight is 197 g/mol. The van der Waals surface area contributed by atoms with E-state index in [1.807, 2.05) is 13.8 Å². The molecule has 0 aliphatic heterocycles. The molecule has 0 aliphatic carbocycles. The lowest BCUT2D eigenvalue weighted by Gasteiger charge is -2.16. The molecule has 0 fully saturated rings. The van der Waals surface area contributed by atoms with Crippen LogP contribution in [0.4, 0.5) is 5.95 Å². The summed E-state index contributed by atoms with van der Waals surface area (Å²) in [4.78, 5) is 14.8. The van der Waals surface area contributed by atoms with E-state index in [9.17, 15) is 4.79 Å². The molecule has 1 rings (SSSR count). The van der Waals surface area contributed by atoms with Crippen LogP contribution in [0.1, 0.15) is 26.3 Å². The second kappa shape index (κ2) is 4.13. The zero-order valence-electron chi connectivity index (χ0n) is 8.34. The summed E-state index contributed by atoms with van der Waals surface area (Å²) in [6.07, 6.45) is 3.65. The number of aliphatic carboxylic acids is 1. The number of rotatable bonds is 4. The molecule has 5 nitrogen and oxygen atoms in total. The highest BCUT2D eigenvalue weighted by Gasteiger charge is 2.21. The zero-order valence-corrected chi connectivity index (χ0v) is 8.34. The molecule has 0 amide bonds. The van der Waals surface area contributed by atoms with Crippen LogP contribution in [-0.4, -0.2) is 20.6 Å². The number of nitrogens with two attached hydrogens (primary N) is 1. The third kappa shape index (κ3) is 2.25. The number of carbonyl (C=O) groups is 1. The molecule has 0 aromatic carbocycles. The number of nitrogens with zero attached hydrogens (tertiary/aromatic N) is 2. The monoisotopic (exact) mass is 197 g/mol. The van der Waals surface area contributed by atoms with Crippen LogP contribution in [-0.2, 0) is 4.79 Å². The van der Waals surface area contributed by atoms with Crippen molar-refractivity contribution >= 4 is 11.9 Å². The van der Waals surface area contributed by atoms with Crippen molar-refractivity contribution in [3.05, 3.63) is 12.4 Å². The number of aromatic nitrogens is 2. The van der Waals surface area contributed by atoms with Crippen LogP contribution < -0.4 is 5.73 Å². The summed E-state index contributed by atoms with van der Waals surface area (Å²) in [7, 11) is 0. The highest BCUT2D eigenvalue weighted by Crippen LogP contribution is 2.20. The van der Waals surface area contributed by atoms with Gasteiger partial charge in [-0.25, -0.2) is 9.78 Å². The maximum Gasteiger partial charge on any atom is 0.326 e. The van der Waals surface area contributed by atoms with E-state index in [0.717, 1.165) is 0 Å². The Bertz CT molecular complexity index is 320. The van der Waals surface area contributed by atoms with E-state index in [1.54, 1.807) is 6.20 Å². The first-order valence-corrected chi connectivity index (χ1v) is 4.53. The quantitative estimate of drug-likeness (QED) is 0.758. The van der Waals surface area contributed by atoms with E-state index >= 15 is 0 Å². The second-order valence-corrected chi connectivity index (χ2v) is 3.68. The summed E-state index contributed by atoms with van der Waals surface area (Å²) in [6.45, 7) is 3.95. The number of imidazole rings is 1.